The fourth-order valence-corrected chi connectivity index (χ4v) is 3.21. The van der Waals surface area contributed by atoms with Gasteiger partial charge in [0.25, 0.3) is 0 Å². The first-order valence-electron chi connectivity index (χ1n) is 8.01. The van der Waals surface area contributed by atoms with Gasteiger partial charge in [0.15, 0.2) is 0 Å². The van der Waals surface area contributed by atoms with Crippen molar-refractivity contribution in [3.8, 4) is 0 Å². The van der Waals surface area contributed by atoms with Crippen LogP contribution in [-0.4, -0.2) is 12.5 Å². The Kier molecular flexibility index (Phi) is 7.86. The van der Waals surface area contributed by atoms with E-state index >= 15 is 0 Å². The first kappa shape index (κ1) is 20.1. The van der Waals surface area contributed by atoms with E-state index in [9.17, 15) is 9.18 Å². The monoisotopic (exact) mass is 347 g/mol. The molecule has 0 aromatic carbocycles. The molecule has 0 spiro atoms. The van der Waals surface area contributed by atoms with Gasteiger partial charge in [0, 0.05) is 22.4 Å². The number of carbonyl (C=O) groups is 1. The Morgan fingerprint density at radius 1 is 1.12 bits per heavy atom. The maximum atomic E-state index is 14.2. The van der Waals surface area contributed by atoms with Crippen LogP contribution in [0.15, 0.2) is 41.3 Å². The standard InChI is InChI=1S/C20H26FNOS/c1-7-22-20(23)12-13(2)8-11-19(21)14(3)9-10-18-15(4)16(5)24-17(18)6/h8-12H,7H2,1-6H3,(H,22,23). The van der Waals surface area contributed by atoms with Crippen molar-refractivity contribution in [3.05, 3.63) is 62.2 Å². The molecule has 1 amide bonds. The number of allylic oxidation sites excluding steroid dienone is 6. The van der Waals surface area contributed by atoms with Crippen LogP contribution in [0.5, 0.6) is 0 Å². The zero-order valence-electron chi connectivity index (χ0n) is 15.3. The predicted octanol–water partition coefficient (Wildman–Crippen LogP) is 5.57. The molecule has 0 aliphatic heterocycles. The SMILES string of the molecule is CCNC(=O)C=C(C)C=CC(F)=C(C)C=Cc1c(C)sc(C)c1C. The molecule has 24 heavy (non-hydrogen) atoms. The summed E-state index contributed by atoms with van der Waals surface area (Å²) in [7, 11) is 0. The highest BCUT2D eigenvalue weighted by atomic mass is 32.1. The molecule has 1 aromatic rings. The molecule has 1 aromatic heterocycles. The number of rotatable bonds is 6. The molecule has 1 heterocycles. The Hall–Kier alpha value is -1.94. The summed E-state index contributed by atoms with van der Waals surface area (Å²) in [6.45, 7) is 12.2. The van der Waals surface area contributed by atoms with E-state index in [1.807, 2.05) is 13.0 Å². The summed E-state index contributed by atoms with van der Waals surface area (Å²) in [5, 5.41) is 2.67. The summed E-state index contributed by atoms with van der Waals surface area (Å²) >= 11 is 1.76. The van der Waals surface area contributed by atoms with E-state index in [2.05, 4.69) is 26.1 Å². The number of hydrogen-bond acceptors (Lipinski definition) is 2. The van der Waals surface area contributed by atoms with Crippen molar-refractivity contribution < 1.29 is 9.18 Å². The van der Waals surface area contributed by atoms with Gasteiger partial charge in [-0.3, -0.25) is 4.79 Å². The van der Waals surface area contributed by atoms with Crippen molar-refractivity contribution in [3.63, 3.8) is 0 Å². The van der Waals surface area contributed by atoms with Crippen LogP contribution in [0, 0.1) is 20.8 Å². The average Bonchev–Trinajstić information content (AvgIpc) is 2.75. The van der Waals surface area contributed by atoms with Gasteiger partial charge in [-0.2, -0.15) is 0 Å². The Balaban J connectivity index is 2.87. The molecule has 0 aliphatic rings. The van der Waals surface area contributed by atoms with Crippen molar-refractivity contribution in [2.75, 3.05) is 6.54 Å². The molecule has 0 aliphatic carbocycles. The summed E-state index contributed by atoms with van der Waals surface area (Å²) in [6.07, 6.45) is 8.22. The molecule has 2 nitrogen and oxygen atoms in total. The molecule has 1 rings (SSSR count). The van der Waals surface area contributed by atoms with Gasteiger partial charge < -0.3 is 5.32 Å². The van der Waals surface area contributed by atoms with Gasteiger partial charge in [0.05, 0.1) is 0 Å². The van der Waals surface area contributed by atoms with Crippen molar-refractivity contribution in [1.29, 1.82) is 0 Å². The first-order chi connectivity index (χ1) is 11.3. The smallest absolute Gasteiger partial charge is 0.244 e. The lowest BCUT2D eigenvalue weighted by molar-refractivity contribution is -0.116. The summed E-state index contributed by atoms with van der Waals surface area (Å²) in [5.74, 6) is -0.475. The van der Waals surface area contributed by atoms with E-state index in [4.69, 9.17) is 0 Å². The minimum atomic E-state index is -0.308. The quantitative estimate of drug-likeness (QED) is 0.529. The molecule has 0 radical (unpaired) electrons. The lowest BCUT2D eigenvalue weighted by atomic mass is 10.1. The van der Waals surface area contributed by atoms with Gasteiger partial charge in [-0.1, -0.05) is 18.2 Å². The number of likely N-dealkylation sites (N-methyl/N-ethyl adjacent to an activating group) is 1. The maximum absolute atomic E-state index is 14.2. The summed E-state index contributed by atoms with van der Waals surface area (Å²) in [4.78, 5) is 14.0. The second kappa shape index (κ2) is 9.38. The highest BCUT2D eigenvalue weighted by molar-refractivity contribution is 7.12. The Morgan fingerprint density at radius 2 is 1.79 bits per heavy atom. The number of hydrogen-bond donors (Lipinski definition) is 1. The van der Waals surface area contributed by atoms with Crippen molar-refractivity contribution in [2.24, 2.45) is 0 Å². The van der Waals surface area contributed by atoms with Gasteiger partial charge in [-0.05, 0) is 69.9 Å². The van der Waals surface area contributed by atoms with Crippen LogP contribution in [0.1, 0.15) is 41.7 Å². The Bertz CT molecular complexity index is 720. The third kappa shape index (κ3) is 5.93. The van der Waals surface area contributed by atoms with Gasteiger partial charge in [0.2, 0.25) is 5.91 Å². The molecule has 4 heteroatoms. The van der Waals surface area contributed by atoms with E-state index < -0.39 is 0 Å². The number of aryl methyl sites for hydroxylation is 2. The normalized spacial score (nSPS) is 13.7. The molecule has 0 saturated carbocycles. The molecule has 130 valence electrons. The van der Waals surface area contributed by atoms with Crippen LogP contribution in [0.25, 0.3) is 6.08 Å². The van der Waals surface area contributed by atoms with Crippen molar-refractivity contribution in [1.82, 2.24) is 5.32 Å². The second-order valence-electron chi connectivity index (χ2n) is 5.73. The van der Waals surface area contributed by atoms with Crippen LogP contribution in [0.2, 0.25) is 0 Å². The average molecular weight is 347 g/mol. The zero-order valence-corrected chi connectivity index (χ0v) is 16.1. The summed E-state index contributed by atoms with van der Waals surface area (Å²) in [6, 6.07) is 0. The molecular formula is C20H26FNOS. The number of halogens is 1. The second-order valence-corrected chi connectivity index (χ2v) is 7.16. The lowest BCUT2D eigenvalue weighted by Gasteiger charge is -1.98. The van der Waals surface area contributed by atoms with Gasteiger partial charge in [-0.15, -0.1) is 11.3 Å². The molecule has 1 N–H and O–H groups in total. The third-order valence-electron chi connectivity index (χ3n) is 3.70. The fourth-order valence-electron chi connectivity index (χ4n) is 2.16. The van der Waals surface area contributed by atoms with E-state index in [0.29, 0.717) is 17.7 Å². The van der Waals surface area contributed by atoms with Gasteiger partial charge in [0.1, 0.15) is 5.83 Å². The summed E-state index contributed by atoms with van der Waals surface area (Å²) < 4.78 is 14.2. The number of nitrogens with one attached hydrogen (secondary N) is 1. The zero-order chi connectivity index (χ0) is 18.3. The minimum Gasteiger partial charge on any atom is -0.353 e. The Morgan fingerprint density at radius 3 is 2.33 bits per heavy atom. The first-order valence-corrected chi connectivity index (χ1v) is 8.83. The van der Waals surface area contributed by atoms with Crippen molar-refractivity contribution in [2.45, 2.75) is 41.5 Å². The van der Waals surface area contributed by atoms with Crippen LogP contribution in [-0.2, 0) is 4.79 Å². The predicted molar refractivity (Wildman–Crippen MR) is 103 cm³/mol. The number of amides is 1. The molecule has 0 atom stereocenters. The van der Waals surface area contributed by atoms with Crippen molar-refractivity contribution >= 4 is 23.3 Å². The van der Waals surface area contributed by atoms with Crippen LogP contribution < -0.4 is 5.32 Å². The number of carbonyl (C=O) groups excluding carboxylic acids is 1. The fraction of sp³-hybridized carbons (Fsp3) is 0.350. The van der Waals surface area contributed by atoms with Crippen LogP contribution in [0.4, 0.5) is 4.39 Å². The third-order valence-corrected chi connectivity index (χ3v) is 4.84. The topological polar surface area (TPSA) is 29.1 Å². The summed E-state index contributed by atoms with van der Waals surface area (Å²) in [5.41, 5.74) is 3.67. The largest absolute Gasteiger partial charge is 0.353 e. The molecule has 0 fully saturated rings. The molecule has 0 saturated heterocycles. The lowest BCUT2D eigenvalue weighted by Crippen LogP contribution is -2.20. The number of thiophene rings is 1. The van der Waals surface area contributed by atoms with Crippen LogP contribution >= 0.6 is 11.3 Å². The van der Waals surface area contributed by atoms with E-state index in [1.165, 1.54) is 33.0 Å². The molecular weight excluding hydrogens is 321 g/mol. The van der Waals surface area contributed by atoms with E-state index in [0.717, 1.165) is 0 Å². The maximum Gasteiger partial charge on any atom is 0.244 e. The highest BCUT2D eigenvalue weighted by Gasteiger charge is 2.06. The Labute approximate surface area is 148 Å². The van der Waals surface area contributed by atoms with E-state index in [-0.39, 0.29) is 11.7 Å². The molecule has 0 bridgehead atoms. The van der Waals surface area contributed by atoms with Gasteiger partial charge in [-0.25, -0.2) is 4.39 Å². The highest BCUT2D eigenvalue weighted by Crippen LogP contribution is 2.28. The molecule has 0 unspecified atom stereocenters. The minimum absolute atomic E-state index is 0.167. The van der Waals surface area contributed by atoms with E-state index in [1.54, 1.807) is 37.3 Å². The van der Waals surface area contributed by atoms with Gasteiger partial charge >= 0.3 is 0 Å². The van der Waals surface area contributed by atoms with Crippen LogP contribution in [0.3, 0.4) is 0 Å².